The van der Waals surface area contributed by atoms with Gasteiger partial charge in [-0.05, 0) is 96.3 Å². The second-order valence-electron chi connectivity index (χ2n) is 27.1. The fourth-order valence-electron chi connectivity index (χ4n) is 12.2. The minimum atomic E-state index is -1.79. The predicted octanol–water partition coefficient (Wildman–Crippen LogP) is 17.8. The van der Waals surface area contributed by atoms with E-state index in [2.05, 4.69) is 153 Å². The van der Waals surface area contributed by atoms with Gasteiger partial charge in [0, 0.05) is 6.42 Å². The highest BCUT2D eigenvalue weighted by atomic mass is 16.7. The summed E-state index contributed by atoms with van der Waals surface area (Å²) in [7, 11) is 0. The van der Waals surface area contributed by atoms with Crippen LogP contribution in [0.3, 0.4) is 0 Å². The average Bonchev–Trinajstić information content (AvgIpc) is 0.793. The summed E-state index contributed by atoms with van der Waals surface area (Å²) < 4.78 is 22.9. The van der Waals surface area contributed by atoms with E-state index < -0.39 is 86.8 Å². The molecule has 98 heavy (non-hydrogen) atoms. The molecule has 2 saturated heterocycles. The Labute approximate surface area is 596 Å². The van der Waals surface area contributed by atoms with Crippen molar-refractivity contribution in [3.8, 4) is 0 Å². The molecule has 14 nitrogen and oxygen atoms in total. The van der Waals surface area contributed by atoms with E-state index in [0.717, 1.165) is 116 Å². The van der Waals surface area contributed by atoms with Crippen LogP contribution in [-0.2, 0) is 23.7 Å². The average molecular weight is 1380 g/mol. The van der Waals surface area contributed by atoms with Crippen molar-refractivity contribution in [3.05, 3.63) is 134 Å². The molecule has 2 rings (SSSR count). The van der Waals surface area contributed by atoms with Crippen LogP contribution in [0.15, 0.2) is 134 Å². The molecule has 12 atom stereocenters. The maximum absolute atomic E-state index is 13.4. The molecule has 0 aliphatic carbocycles. The van der Waals surface area contributed by atoms with Gasteiger partial charge in [0.15, 0.2) is 12.6 Å². The number of carbonyl (C=O) groups excluding carboxylic acids is 1. The molecule has 0 aromatic carbocycles. The first-order chi connectivity index (χ1) is 48.1. The summed E-state index contributed by atoms with van der Waals surface area (Å²) in [5.74, 6) is -0.240. The first-order valence-corrected chi connectivity index (χ1v) is 39.4. The molecule has 1 amide bonds. The monoisotopic (exact) mass is 1370 g/mol. The van der Waals surface area contributed by atoms with E-state index in [4.69, 9.17) is 18.9 Å². The molecule has 0 spiro atoms. The molecule has 562 valence electrons. The number of aliphatic hydroxyl groups excluding tert-OH is 8. The van der Waals surface area contributed by atoms with E-state index in [9.17, 15) is 45.6 Å². The Kier molecular flexibility index (Phi) is 61.1. The van der Waals surface area contributed by atoms with E-state index in [0.29, 0.717) is 12.8 Å². The van der Waals surface area contributed by atoms with Crippen LogP contribution in [0.2, 0.25) is 0 Å². The molecule has 2 aliphatic rings. The maximum atomic E-state index is 13.4. The highest BCUT2D eigenvalue weighted by Gasteiger charge is 2.51. The third-order valence-corrected chi connectivity index (χ3v) is 18.4. The highest BCUT2D eigenvalue weighted by molar-refractivity contribution is 5.76. The molecule has 2 aliphatic heterocycles. The van der Waals surface area contributed by atoms with Crippen LogP contribution >= 0.6 is 0 Å². The van der Waals surface area contributed by atoms with Gasteiger partial charge in [-0.25, -0.2) is 0 Å². The predicted molar refractivity (Wildman–Crippen MR) is 405 cm³/mol. The molecular formula is C84H143NO13. The molecule has 2 heterocycles. The summed E-state index contributed by atoms with van der Waals surface area (Å²) >= 11 is 0. The smallest absolute Gasteiger partial charge is 0.220 e. The number of nitrogens with one attached hydrogen (secondary N) is 1. The second kappa shape index (κ2) is 66.4. The largest absolute Gasteiger partial charge is 0.394 e. The van der Waals surface area contributed by atoms with Gasteiger partial charge in [-0.2, -0.15) is 0 Å². The van der Waals surface area contributed by atoms with E-state index in [-0.39, 0.29) is 18.9 Å². The van der Waals surface area contributed by atoms with Gasteiger partial charge >= 0.3 is 0 Å². The van der Waals surface area contributed by atoms with Crippen LogP contribution in [0.1, 0.15) is 296 Å². The molecule has 0 radical (unpaired) electrons. The van der Waals surface area contributed by atoms with Crippen molar-refractivity contribution in [1.29, 1.82) is 0 Å². The lowest BCUT2D eigenvalue weighted by Crippen LogP contribution is -2.65. The summed E-state index contributed by atoms with van der Waals surface area (Å²) in [6.07, 6.45) is 81.9. The van der Waals surface area contributed by atoms with Crippen LogP contribution < -0.4 is 5.32 Å². The van der Waals surface area contributed by atoms with Gasteiger partial charge in [-0.1, -0.05) is 327 Å². The zero-order valence-electron chi connectivity index (χ0n) is 61.5. The zero-order chi connectivity index (χ0) is 70.8. The van der Waals surface area contributed by atoms with E-state index in [1.165, 1.54) is 148 Å². The topological polar surface area (TPSA) is 228 Å². The molecule has 0 bridgehead atoms. The van der Waals surface area contributed by atoms with Gasteiger partial charge in [-0.15, -0.1) is 0 Å². The van der Waals surface area contributed by atoms with Gasteiger partial charge in [-0.3, -0.25) is 4.79 Å². The SMILES string of the molecule is CC/C=C\C/C=C\C/C=C\C/C=C\C/C=C\C/C=C\C/C=C\C/C=C\C/C=C\C/C=C\C/C=C\CCCCCC(=O)NC(COC1OC(CO)C(OC2OC(CO)C(O)C(O)C2O)C(O)C1O)C(O)CCCCCCCCCCCCCCCCCCCCCCCCCCCCC. The fourth-order valence-corrected chi connectivity index (χ4v) is 12.2. The van der Waals surface area contributed by atoms with E-state index in [1.807, 2.05) is 0 Å². The molecule has 2 fully saturated rings. The van der Waals surface area contributed by atoms with Crippen LogP contribution in [0.25, 0.3) is 0 Å². The lowest BCUT2D eigenvalue weighted by atomic mass is 9.97. The Balaban J connectivity index is 1.66. The number of aliphatic hydroxyl groups is 8. The number of amides is 1. The highest BCUT2D eigenvalue weighted by Crippen LogP contribution is 2.30. The Morgan fingerprint density at radius 1 is 0.378 bits per heavy atom. The summed E-state index contributed by atoms with van der Waals surface area (Å²) in [4.78, 5) is 13.4. The van der Waals surface area contributed by atoms with Crippen molar-refractivity contribution in [2.24, 2.45) is 0 Å². The van der Waals surface area contributed by atoms with Crippen molar-refractivity contribution in [1.82, 2.24) is 5.32 Å². The Morgan fingerprint density at radius 3 is 1.07 bits per heavy atom. The van der Waals surface area contributed by atoms with Gasteiger partial charge < -0.3 is 65.1 Å². The standard InChI is InChI=1S/C84H143NO13/c1-3-5-7-9-11-13-15-17-19-21-23-25-27-29-31-32-33-34-35-36-37-38-39-40-42-44-46-48-50-52-54-56-58-60-62-64-66-68-76(89)85-72(71-95-83-81(94)79(92)82(75(70-87)97-83)98-84-80(93)78(91)77(90)74(69-86)96-84)73(88)67-65-63-61-59-57-55-53-51-49-47-45-43-41-30-28-26-24-22-20-18-16-14-12-10-8-6-4-2/h5,7,11,13,17,19,23,25,29,31,33-34,36-37,39-40,44,46,50,52,56,58,72-75,77-84,86-88,90-94H,3-4,6,8-10,12,14-16,18,20-22,24,26-28,30,32,35,38,41-43,45,47-49,51,53-55,57,59-71H2,1-2H3,(H,85,89)/b7-5-,13-11-,19-17-,25-23-,31-29-,34-33-,37-36-,40-39-,46-44-,52-50-,58-56-. The van der Waals surface area contributed by atoms with Crippen molar-refractivity contribution in [2.45, 2.75) is 370 Å². The van der Waals surface area contributed by atoms with Gasteiger partial charge in [0.05, 0.1) is 32.0 Å². The first-order valence-electron chi connectivity index (χ1n) is 39.4. The van der Waals surface area contributed by atoms with E-state index >= 15 is 0 Å². The fraction of sp³-hybridized carbons (Fsp3) is 0.726. The van der Waals surface area contributed by atoms with Crippen molar-refractivity contribution < 1.29 is 64.6 Å². The van der Waals surface area contributed by atoms with Crippen molar-refractivity contribution >= 4 is 5.91 Å². The number of rotatable bonds is 64. The quantitative estimate of drug-likeness (QED) is 0.0204. The molecule has 12 unspecified atom stereocenters. The Hall–Kier alpha value is -3.87. The third kappa shape index (κ3) is 48.9. The molecule has 0 aromatic heterocycles. The van der Waals surface area contributed by atoms with Crippen molar-refractivity contribution in [3.63, 3.8) is 0 Å². The number of hydrogen-bond donors (Lipinski definition) is 9. The number of allylic oxidation sites excluding steroid dienone is 22. The lowest BCUT2D eigenvalue weighted by molar-refractivity contribution is -0.359. The third-order valence-electron chi connectivity index (χ3n) is 18.4. The van der Waals surface area contributed by atoms with E-state index in [1.54, 1.807) is 0 Å². The van der Waals surface area contributed by atoms with Crippen LogP contribution in [0.4, 0.5) is 0 Å². The number of unbranched alkanes of at least 4 members (excludes halogenated alkanes) is 29. The normalized spacial score (nSPS) is 22.8. The second-order valence-corrected chi connectivity index (χ2v) is 27.1. The lowest BCUT2D eigenvalue weighted by Gasteiger charge is -2.46. The molecule has 9 N–H and O–H groups in total. The maximum Gasteiger partial charge on any atom is 0.220 e. The van der Waals surface area contributed by atoms with Crippen LogP contribution in [0.5, 0.6) is 0 Å². The number of ether oxygens (including phenoxy) is 4. The van der Waals surface area contributed by atoms with Crippen molar-refractivity contribution in [2.75, 3.05) is 19.8 Å². The molecule has 0 aromatic rings. The summed E-state index contributed by atoms with van der Waals surface area (Å²) in [5.41, 5.74) is 0. The molecule has 14 heteroatoms. The van der Waals surface area contributed by atoms with Gasteiger partial charge in [0.1, 0.15) is 48.8 Å². The summed E-state index contributed by atoms with van der Waals surface area (Å²) in [6.45, 7) is 2.75. The minimum absolute atomic E-state index is 0.240. The molecular weight excluding hydrogens is 1230 g/mol. The Morgan fingerprint density at radius 2 is 0.704 bits per heavy atom. The Bertz CT molecular complexity index is 2160. The van der Waals surface area contributed by atoms with Crippen LogP contribution in [-0.4, -0.2) is 140 Å². The number of hydrogen-bond acceptors (Lipinski definition) is 13. The van der Waals surface area contributed by atoms with Gasteiger partial charge in [0.25, 0.3) is 0 Å². The minimum Gasteiger partial charge on any atom is -0.394 e. The number of carbonyl (C=O) groups is 1. The summed E-state index contributed by atoms with van der Waals surface area (Å²) in [6, 6.07) is -0.859. The zero-order valence-corrected chi connectivity index (χ0v) is 61.5. The summed E-state index contributed by atoms with van der Waals surface area (Å²) in [5, 5.41) is 87.8. The van der Waals surface area contributed by atoms with Crippen LogP contribution in [0, 0.1) is 0 Å². The van der Waals surface area contributed by atoms with Gasteiger partial charge in [0.2, 0.25) is 5.91 Å². The first kappa shape index (κ1) is 90.2. The molecule has 0 saturated carbocycles.